The van der Waals surface area contributed by atoms with Crippen LogP contribution in [0.3, 0.4) is 0 Å². The molecule has 0 aromatic heterocycles. The molecule has 0 saturated heterocycles. The van der Waals surface area contributed by atoms with E-state index >= 15 is 0 Å². The Morgan fingerprint density at radius 1 is 1.38 bits per heavy atom. The average Bonchev–Trinajstić information content (AvgIpc) is 2.21. The number of phosphoric ester groups is 1. The van der Waals surface area contributed by atoms with Gasteiger partial charge in [-0.25, -0.2) is 9.36 Å². The van der Waals surface area contributed by atoms with Crippen molar-refractivity contribution in [1.29, 1.82) is 0 Å². The minimum Gasteiger partial charge on any atom is -0.460 e. The van der Waals surface area contributed by atoms with Gasteiger partial charge in [0, 0.05) is 12.1 Å². The molecule has 16 heavy (non-hydrogen) atoms. The molecule has 1 unspecified atom stereocenters. The molecule has 0 radical (unpaired) electrons. The lowest BCUT2D eigenvalue weighted by Crippen LogP contribution is -2.12. The molecule has 0 aromatic carbocycles. The van der Waals surface area contributed by atoms with Crippen LogP contribution in [0.5, 0.6) is 0 Å². The second-order valence-electron chi connectivity index (χ2n) is 2.84. The molecule has 0 aromatic rings. The maximum absolute atomic E-state index is 11.0. The molecule has 0 aliphatic rings. The van der Waals surface area contributed by atoms with Crippen LogP contribution in [-0.4, -0.2) is 37.2 Å². The quantitative estimate of drug-likeness (QED) is 0.275. The van der Waals surface area contributed by atoms with Crippen molar-refractivity contribution >= 4 is 13.8 Å². The van der Waals surface area contributed by atoms with Gasteiger partial charge in [0.1, 0.15) is 6.61 Å². The topological polar surface area (TPSA) is 108 Å². The Kier molecular flexibility index (Phi) is 7.20. The van der Waals surface area contributed by atoms with Crippen molar-refractivity contribution in [2.75, 3.05) is 26.4 Å². The van der Waals surface area contributed by atoms with Crippen molar-refractivity contribution in [2.45, 2.75) is 6.92 Å². The van der Waals surface area contributed by atoms with Crippen LogP contribution < -0.4 is 5.73 Å². The van der Waals surface area contributed by atoms with Gasteiger partial charge in [0.2, 0.25) is 0 Å². The first-order chi connectivity index (χ1) is 7.39. The second-order valence-corrected chi connectivity index (χ2v) is 4.29. The fourth-order valence-corrected chi connectivity index (χ4v) is 1.33. The second kappa shape index (κ2) is 7.54. The molecule has 0 saturated carbocycles. The standard InChI is InChI=1S/C8H16NO6P/c1-7(2)8(10)13-5-6-15-16(11,12)14-4-3-9/h1,3-6,9H2,2H3,(H,11,12). The van der Waals surface area contributed by atoms with Gasteiger partial charge in [0.25, 0.3) is 0 Å². The Morgan fingerprint density at radius 3 is 2.44 bits per heavy atom. The molecule has 0 aliphatic carbocycles. The van der Waals surface area contributed by atoms with Crippen LogP contribution in [0.25, 0.3) is 0 Å². The molecular weight excluding hydrogens is 237 g/mol. The van der Waals surface area contributed by atoms with Gasteiger partial charge in [-0.05, 0) is 6.92 Å². The zero-order valence-corrected chi connectivity index (χ0v) is 9.94. The number of ether oxygens (including phenoxy) is 1. The summed E-state index contributed by atoms with van der Waals surface area (Å²) in [5.74, 6) is -0.584. The maximum atomic E-state index is 11.0. The van der Waals surface area contributed by atoms with Crippen LogP contribution in [0.4, 0.5) is 0 Å². The van der Waals surface area contributed by atoms with Crippen molar-refractivity contribution in [1.82, 2.24) is 0 Å². The van der Waals surface area contributed by atoms with Crippen molar-refractivity contribution in [3.8, 4) is 0 Å². The van der Waals surface area contributed by atoms with E-state index in [0.717, 1.165) is 0 Å². The first kappa shape index (κ1) is 15.3. The number of hydrogen-bond acceptors (Lipinski definition) is 6. The minimum atomic E-state index is -4.09. The maximum Gasteiger partial charge on any atom is 0.472 e. The Bertz CT molecular complexity index is 292. The lowest BCUT2D eigenvalue weighted by Gasteiger charge is -2.11. The molecule has 0 fully saturated rings. The Labute approximate surface area is 93.8 Å². The minimum absolute atomic E-state index is 0.0840. The summed E-state index contributed by atoms with van der Waals surface area (Å²) in [6.07, 6.45) is 0. The van der Waals surface area contributed by atoms with E-state index in [-0.39, 0.29) is 31.9 Å². The summed E-state index contributed by atoms with van der Waals surface area (Å²) < 4.78 is 24.6. The summed E-state index contributed by atoms with van der Waals surface area (Å²) in [4.78, 5) is 19.9. The van der Waals surface area contributed by atoms with Gasteiger partial charge in [-0.3, -0.25) is 9.05 Å². The Hall–Kier alpha value is -0.720. The van der Waals surface area contributed by atoms with E-state index in [2.05, 4.69) is 20.4 Å². The summed E-state index contributed by atoms with van der Waals surface area (Å²) >= 11 is 0. The van der Waals surface area contributed by atoms with Gasteiger partial charge in [0.05, 0.1) is 13.2 Å². The van der Waals surface area contributed by atoms with Crippen molar-refractivity contribution in [3.05, 3.63) is 12.2 Å². The fourth-order valence-electron chi connectivity index (χ4n) is 0.616. The highest BCUT2D eigenvalue weighted by Gasteiger charge is 2.20. The molecule has 7 nitrogen and oxygen atoms in total. The molecule has 0 spiro atoms. The smallest absolute Gasteiger partial charge is 0.460 e. The number of nitrogens with two attached hydrogens (primary N) is 1. The normalized spacial score (nSPS) is 14.2. The van der Waals surface area contributed by atoms with Gasteiger partial charge in [-0.1, -0.05) is 6.58 Å². The number of hydrogen-bond donors (Lipinski definition) is 2. The number of carbonyl (C=O) groups excluding carboxylic acids is 1. The highest BCUT2D eigenvalue weighted by molar-refractivity contribution is 7.47. The van der Waals surface area contributed by atoms with E-state index in [9.17, 15) is 9.36 Å². The first-order valence-corrected chi connectivity index (χ1v) is 6.03. The first-order valence-electron chi connectivity index (χ1n) is 4.53. The highest BCUT2D eigenvalue weighted by Crippen LogP contribution is 2.42. The van der Waals surface area contributed by atoms with Gasteiger partial charge in [-0.15, -0.1) is 0 Å². The molecule has 8 heteroatoms. The lowest BCUT2D eigenvalue weighted by molar-refractivity contribution is -0.139. The van der Waals surface area contributed by atoms with Crippen LogP contribution in [-0.2, 0) is 23.1 Å². The van der Waals surface area contributed by atoms with E-state index in [1.165, 1.54) is 6.92 Å². The van der Waals surface area contributed by atoms with Gasteiger partial charge in [0.15, 0.2) is 0 Å². The summed E-state index contributed by atoms with van der Waals surface area (Å²) in [6, 6.07) is 0. The Morgan fingerprint density at radius 2 is 1.94 bits per heavy atom. The van der Waals surface area contributed by atoms with E-state index < -0.39 is 13.8 Å². The largest absolute Gasteiger partial charge is 0.472 e. The molecule has 0 rings (SSSR count). The number of rotatable bonds is 8. The van der Waals surface area contributed by atoms with Crippen molar-refractivity contribution in [3.63, 3.8) is 0 Å². The van der Waals surface area contributed by atoms with Gasteiger partial charge < -0.3 is 15.4 Å². The van der Waals surface area contributed by atoms with Crippen molar-refractivity contribution in [2.24, 2.45) is 5.73 Å². The molecule has 1 atom stereocenters. The average molecular weight is 253 g/mol. The van der Waals surface area contributed by atoms with E-state index in [1.807, 2.05) is 0 Å². The third-order valence-electron chi connectivity index (χ3n) is 1.29. The van der Waals surface area contributed by atoms with Crippen LogP contribution in [0.2, 0.25) is 0 Å². The van der Waals surface area contributed by atoms with Crippen LogP contribution in [0, 0.1) is 0 Å². The summed E-state index contributed by atoms with van der Waals surface area (Å²) in [7, 11) is -4.09. The van der Waals surface area contributed by atoms with Gasteiger partial charge >= 0.3 is 13.8 Å². The van der Waals surface area contributed by atoms with Crippen molar-refractivity contribution < 1.29 is 28.0 Å². The van der Waals surface area contributed by atoms with E-state index in [0.29, 0.717) is 0 Å². The zero-order valence-electron chi connectivity index (χ0n) is 9.05. The Balaban J connectivity index is 3.69. The molecule has 0 heterocycles. The predicted molar refractivity (Wildman–Crippen MR) is 56.6 cm³/mol. The summed E-state index contributed by atoms with van der Waals surface area (Å²) in [5, 5.41) is 0. The van der Waals surface area contributed by atoms with Crippen LogP contribution in [0.15, 0.2) is 12.2 Å². The third-order valence-corrected chi connectivity index (χ3v) is 2.31. The SMILES string of the molecule is C=C(C)C(=O)OCCOP(=O)(O)OCCN. The summed E-state index contributed by atoms with van der Waals surface area (Å²) in [5.41, 5.74) is 5.31. The molecule has 3 N–H and O–H groups in total. The third kappa shape index (κ3) is 7.56. The number of carbonyl (C=O) groups is 1. The molecule has 0 bridgehead atoms. The number of esters is 1. The molecule has 94 valence electrons. The molecule has 0 amide bonds. The summed E-state index contributed by atoms with van der Waals surface area (Å²) in [6.45, 7) is 4.49. The highest BCUT2D eigenvalue weighted by atomic mass is 31.2. The molecular formula is C8H16NO6P. The number of phosphoric acid groups is 1. The van der Waals surface area contributed by atoms with E-state index in [4.69, 9.17) is 10.6 Å². The fraction of sp³-hybridized carbons (Fsp3) is 0.625. The van der Waals surface area contributed by atoms with Crippen LogP contribution >= 0.6 is 7.82 Å². The van der Waals surface area contributed by atoms with Crippen LogP contribution in [0.1, 0.15) is 6.92 Å². The monoisotopic (exact) mass is 253 g/mol. The predicted octanol–water partition coefficient (Wildman–Crippen LogP) is 0.198. The van der Waals surface area contributed by atoms with Gasteiger partial charge in [-0.2, -0.15) is 0 Å². The molecule has 0 aliphatic heterocycles. The lowest BCUT2D eigenvalue weighted by atomic mass is 10.4. The zero-order chi connectivity index (χ0) is 12.6. The van der Waals surface area contributed by atoms with E-state index in [1.54, 1.807) is 0 Å².